The predicted octanol–water partition coefficient (Wildman–Crippen LogP) is 4.85. The Labute approximate surface area is 208 Å². The van der Waals surface area contributed by atoms with Crippen LogP contribution < -0.4 is 25.1 Å². The van der Waals surface area contributed by atoms with Gasteiger partial charge in [-0.25, -0.2) is 4.79 Å². The van der Waals surface area contributed by atoms with Crippen molar-refractivity contribution in [3.05, 3.63) is 93.8 Å². The number of aromatic nitrogens is 1. The van der Waals surface area contributed by atoms with Gasteiger partial charge in [-0.3, -0.25) is 4.79 Å². The Hall–Kier alpha value is -4.46. The van der Waals surface area contributed by atoms with Crippen LogP contribution in [0.1, 0.15) is 16.7 Å². The summed E-state index contributed by atoms with van der Waals surface area (Å²) in [5.74, 6) is 1.79. The zero-order chi connectivity index (χ0) is 25.1. The first-order chi connectivity index (χ1) is 17.5. The summed E-state index contributed by atoms with van der Waals surface area (Å²) in [6.07, 6.45) is 0. The molecule has 0 spiro atoms. The molecule has 0 aliphatic carbocycles. The van der Waals surface area contributed by atoms with E-state index in [-0.39, 0.29) is 18.1 Å². The number of fused-ring (bicyclic) bond motifs is 2. The number of pyridine rings is 1. The van der Waals surface area contributed by atoms with E-state index in [1.165, 1.54) is 0 Å². The summed E-state index contributed by atoms with van der Waals surface area (Å²) < 4.78 is 16.7. The molecule has 0 unspecified atom stereocenters. The number of amides is 2. The van der Waals surface area contributed by atoms with E-state index in [0.717, 1.165) is 16.5 Å². The number of nitrogens with one attached hydrogen (secondary N) is 2. The number of hydrogen-bond acceptors (Lipinski definition) is 5. The number of aromatic amines is 1. The van der Waals surface area contributed by atoms with E-state index >= 15 is 0 Å². The highest BCUT2D eigenvalue weighted by molar-refractivity contribution is 5.91. The number of carbonyl (C=O) groups is 1. The largest absolute Gasteiger partial charge is 0.495 e. The van der Waals surface area contributed by atoms with Crippen molar-refractivity contribution < 1.29 is 19.0 Å². The van der Waals surface area contributed by atoms with Gasteiger partial charge in [0.2, 0.25) is 0 Å². The van der Waals surface area contributed by atoms with Gasteiger partial charge in [0.1, 0.15) is 19.0 Å². The Morgan fingerprint density at radius 2 is 1.72 bits per heavy atom. The maximum absolute atomic E-state index is 13.4. The molecule has 2 heterocycles. The molecule has 2 amide bonds. The summed E-state index contributed by atoms with van der Waals surface area (Å²) in [6.45, 7) is 3.38. The summed E-state index contributed by atoms with van der Waals surface area (Å²) in [5, 5.41) is 3.72. The number of H-pyrrole nitrogens is 1. The van der Waals surface area contributed by atoms with Crippen molar-refractivity contribution in [2.75, 3.05) is 25.6 Å². The third-order valence-electron chi connectivity index (χ3n) is 6.07. The Kier molecular flexibility index (Phi) is 6.49. The molecule has 8 nitrogen and oxygen atoms in total. The molecule has 0 radical (unpaired) electrons. The number of ether oxygens (including phenoxy) is 3. The van der Waals surface area contributed by atoms with E-state index in [4.69, 9.17) is 14.2 Å². The van der Waals surface area contributed by atoms with E-state index in [2.05, 4.69) is 10.3 Å². The molecule has 184 valence electrons. The third-order valence-corrected chi connectivity index (χ3v) is 6.07. The number of rotatable bonds is 6. The van der Waals surface area contributed by atoms with Crippen LogP contribution in [0.4, 0.5) is 10.5 Å². The number of benzene rings is 3. The van der Waals surface area contributed by atoms with Crippen LogP contribution in [0.2, 0.25) is 0 Å². The number of para-hydroxylation sites is 2. The van der Waals surface area contributed by atoms with Gasteiger partial charge in [-0.2, -0.15) is 0 Å². The van der Waals surface area contributed by atoms with E-state index < -0.39 is 0 Å². The molecular formula is C28H27N3O5. The average Bonchev–Trinajstić information content (AvgIpc) is 2.89. The zero-order valence-electron chi connectivity index (χ0n) is 20.2. The number of methoxy groups -OCH3 is 1. The second kappa shape index (κ2) is 10.0. The molecule has 0 saturated heterocycles. The van der Waals surface area contributed by atoms with Crippen molar-refractivity contribution in [3.63, 3.8) is 0 Å². The van der Waals surface area contributed by atoms with Gasteiger partial charge in [0.25, 0.3) is 5.56 Å². The first kappa shape index (κ1) is 23.3. The lowest BCUT2D eigenvalue weighted by atomic mass is 10.1. The van der Waals surface area contributed by atoms with Crippen LogP contribution >= 0.6 is 0 Å². The minimum atomic E-state index is -0.346. The van der Waals surface area contributed by atoms with Gasteiger partial charge < -0.3 is 29.4 Å². The normalized spacial score (nSPS) is 12.3. The molecule has 4 aromatic rings. The number of nitrogens with zero attached hydrogens (tertiary/aromatic N) is 1. The molecule has 2 N–H and O–H groups in total. The molecule has 0 fully saturated rings. The highest BCUT2D eigenvalue weighted by Crippen LogP contribution is 2.33. The van der Waals surface area contributed by atoms with Crippen LogP contribution in [-0.4, -0.2) is 36.2 Å². The smallest absolute Gasteiger partial charge is 0.322 e. The fourth-order valence-corrected chi connectivity index (χ4v) is 4.17. The van der Waals surface area contributed by atoms with Crippen LogP contribution in [0, 0.1) is 6.92 Å². The van der Waals surface area contributed by atoms with E-state index in [1.807, 2.05) is 49.4 Å². The van der Waals surface area contributed by atoms with E-state index in [0.29, 0.717) is 53.8 Å². The first-order valence-electron chi connectivity index (χ1n) is 11.7. The quantitative estimate of drug-likeness (QED) is 0.407. The van der Waals surface area contributed by atoms with Gasteiger partial charge in [-0.1, -0.05) is 42.0 Å². The number of hydrogen-bond donors (Lipinski definition) is 2. The molecule has 0 saturated carbocycles. The Morgan fingerprint density at radius 1 is 1.00 bits per heavy atom. The van der Waals surface area contributed by atoms with Crippen LogP contribution in [0.15, 0.2) is 71.5 Å². The fraction of sp³-hybridized carbons (Fsp3) is 0.214. The molecule has 0 bridgehead atoms. The van der Waals surface area contributed by atoms with Crippen LogP contribution in [0.25, 0.3) is 10.9 Å². The number of carbonyl (C=O) groups excluding carboxylic acids is 1. The first-order valence-corrected chi connectivity index (χ1v) is 11.7. The molecule has 1 aromatic heterocycles. The number of urea groups is 1. The van der Waals surface area contributed by atoms with Gasteiger partial charge in [-0.15, -0.1) is 0 Å². The highest BCUT2D eigenvalue weighted by atomic mass is 16.6. The molecule has 0 atom stereocenters. The average molecular weight is 486 g/mol. The van der Waals surface area contributed by atoms with Gasteiger partial charge >= 0.3 is 6.03 Å². The van der Waals surface area contributed by atoms with Crippen molar-refractivity contribution in [2.24, 2.45) is 0 Å². The van der Waals surface area contributed by atoms with Crippen molar-refractivity contribution >= 4 is 22.6 Å². The number of anilines is 1. The second-order valence-electron chi connectivity index (χ2n) is 8.68. The minimum Gasteiger partial charge on any atom is -0.495 e. The van der Waals surface area contributed by atoms with Crippen LogP contribution in [-0.2, 0) is 13.1 Å². The summed E-state index contributed by atoms with van der Waals surface area (Å²) >= 11 is 0. The molecule has 8 heteroatoms. The summed E-state index contributed by atoms with van der Waals surface area (Å²) in [7, 11) is 1.55. The SMILES string of the molecule is COc1ccccc1NC(=O)N(Cc1ccc(C)cc1)Cc1cc2cc3c(cc2[nH]c1=O)OCCO3. The summed E-state index contributed by atoms with van der Waals surface area (Å²) in [6, 6.07) is 20.2. The van der Waals surface area contributed by atoms with Gasteiger partial charge in [-0.05, 0) is 36.8 Å². The Morgan fingerprint density at radius 3 is 2.47 bits per heavy atom. The standard InChI is InChI=1S/C28H27N3O5/c1-18-7-9-19(10-8-18)16-31(28(33)30-22-5-3-4-6-24(22)34-2)17-21-13-20-14-25-26(36-12-11-35-25)15-23(20)29-27(21)32/h3-10,13-15H,11-12,16-17H2,1-2H3,(H,29,32)(H,30,33). The molecule has 3 aromatic carbocycles. The van der Waals surface area contributed by atoms with Crippen LogP contribution in [0.3, 0.4) is 0 Å². The Balaban J connectivity index is 1.47. The fourth-order valence-electron chi connectivity index (χ4n) is 4.17. The summed E-state index contributed by atoms with van der Waals surface area (Å²) in [5.41, 5.74) is 3.48. The maximum Gasteiger partial charge on any atom is 0.322 e. The molecule has 1 aliphatic rings. The lowest BCUT2D eigenvalue weighted by Crippen LogP contribution is -2.35. The minimum absolute atomic E-state index is 0.106. The molecule has 1 aliphatic heterocycles. The zero-order valence-corrected chi connectivity index (χ0v) is 20.2. The molecule has 36 heavy (non-hydrogen) atoms. The van der Waals surface area contributed by atoms with Crippen molar-refractivity contribution in [3.8, 4) is 17.2 Å². The van der Waals surface area contributed by atoms with Gasteiger partial charge in [0.05, 0.1) is 24.9 Å². The van der Waals surface area contributed by atoms with Gasteiger partial charge in [0.15, 0.2) is 11.5 Å². The van der Waals surface area contributed by atoms with Gasteiger partial charge in [0, 0.05) is 23.6 Å². The highest BCUT2D eigenvalue weighted by Gasteiger charge is 2.20. The van der Waals surface area contributed by atoms with E-state index in [1.54, 1.807) is 36.3 Å². The second-order valence-corrected chi connectivity index (χ2v) is 8.68. The van der Waals surface area contributed by atoms with Crippen molar-refractivity contribution in [2.45, 2.75) is 20.0 Å². The summed E-state index contributed by atoms with van der Waals surface area (Å²) in [4.78, 5) is 31.0. The Bertz CT molecular complexity index is 1460. The number of aryl methyl sites for hydroxylation is 1. The van der Waals surface area contributed by atoms with Crippen molar-refractivity contribution in [1.82, 2.24) is 9.88 Å². The molecular weight excluding hydrogens is 458 g/mol. The van der Waals surface area contributed by atoms with Crippen LogP contribution in [0.5, 0.6) is 17.2 Å². The topological polar surface area (TPSA) is 92.9 Å². The third kappa shape index (κ3) is 4.98. The monoisotopic (exact) mass is 485 g/mol. The maximum atomic E-state index is 13.4. The lowest BCUT2D eigenvalue weighted by molar-refractivity contribution is 0.172. The van der Waals surface area contributed by atoms with Crippen molar-refractivity contribution in [1.29, 1.82) is 0 Å². The van der Waals surface area contributed by atoms with E-state index in [9.17, 15) is 9.59 Å². The predicted molar refractivity (Wildman–Crippen MR) is 138 cm³/mol. The molecule has 5 rings (SSSR count). The lowest BCUT2D eigenvalue weighted by Gasteiger charge is -2.24.